The molecule has 4 aromatic heterocycles. The first-order valence-electron chi connectivity index (χ1n) is 20.7. The lowest BCUT2D eigenvalue weighted by Crippen LogP contribution is -2.12. The summed E-state index contributed by atoms with van der Waals surface area (Å²) >= 11 is 0. The maximum Gasteiger partial charge on any atom is 0.164 e. The van der Waals surface area contributed by atoms with Crippen molar-refractivity contribution in [2.24, 2.45) is 9.98 Å². The molecule has 10 aromatic rings. The Morgan fingerprint density at radius 1 is 0.219 bits per heavy atom. The smallest absolute Gasteiger partial charge is 0.164 e. The van der Waals surface area contributed by atoms with E-state index < -0.39 is 0 Å². The highest BCUT2D eigenvalue weighted by Gasteiger charge is 2.23. The highest BCUT2D eigenvalue weighted by molar-refractivity contribution is 6.21. The molecule has 300 valence electrons. The van der Waals surface area contributed by atoms with Crippen molar-refractivity contribution in [1.29, 1.82) is 0 Å². The van der Waals surface area contributed by atoms with Gasteiger partial charge in [0.2, 0.25) is 0 Å². The minimum atomic E-state index is 0.566. The van der Waals surface area contributed by atoms with Crippen LogP contribution < -0.4 is 0 Å². The molecule has 0 radical (unpaired) electrons. The third-order valence-corrected chi connectivity index (χ3v) is 10.7. The predicted octanol–water partition coefficient (Wildman–Crippen LogP) is 11.5. The van der Waals surface area contributed by atoms with Gasteiger partial charge in [-0.2, -0.15) is 0 Å². The molecule has 0 saturated heterocycles. The summed E-state index contributed by atoms with van der Waals surface area (Å²) in [5, 5.41) is 0. The Bertz CT molecular complexity index is 3000. The highest BCUT2D eigenvalue weighted by Crippen LogP contribution is 2.33. The Labute approximate surface area is 368 Å². The van der Waals surface area contributed by atoms with E-state index in [1.807, 2.05) is 194 Å². The topological polar surface area (TPSA) is 128 Å². The Kier molecular flexibility index (Phi) is 9.96. The van der Waals surface area contributed by atoms with Crippen molar-refractivity contribution in [2.75, 3.05) is 0 Å². The van der Waals surface area contributed by atoms with Gasteiger partial charge in [-0.05, 0) is 24.3 Å². The summed E-state index contributed by atoms with van der Waals surface area (Å²) in [6, 6.07) is 63.6. The third kappa shape index (κ3) is 7.63. The first kappa shape index (κ1) is 37.9. The fraction of sp³-hybridized carbons (Fsp3) is 0. The van der Waals surface area contributed by atoms with E-state index in [1.54, 1.807) is 12.4 Å². The molecule has 0 fully saturated rings. The number of fused-ring (bicyclic) bond motifs is 2. The zero-order valence-corrected chi connectivity index (χ0v) is 34.1. The van der Waals surface area contributed by atoms with Crippen LogP contribution in [-0.2, 0) is 0 Å². The lowest BCUT2D eigenvalue weighted by Gasteiger charge is -2.17. The standard InChI is InChI=1S/C54H34N10/c1-5-15-37(16-6-1)49-59-50(38-17-7-2-8-18-38)62-53(61-49)41-29-25-35(26-30-41)45-47-43(23-13-33-55-47)58-46(48-44(57-45)24-14-34-56-48)36-27-31-42(32-28-36)54-63-51(39-19-9-3-10-20-39)60-52(64-54)40-21-11-4-12-22-40/h1-34H. The summed E-state index contributed by atoms with van der Waals surface area (Å²) in [7, 11) is 0. The van der Waals surface area contributed by atoms with Gasteiger partial charge in [-0.25, -0.2) is 39.9 Å². The number of hydrogen-bond acceptors (Lipinski definition) is 10. The van der Waals surface area contributed by atoms with E-state index in [9.17, 15) is 0 Å². The van der Waals surface area contributed by atoms with Crippen LogP contribution in [0.5, 0.6) is 0 Å². The van der Waals surface area contributed by atoms with Gasteiger partial charge in [0.1, 0.15) is 11.4 Å². The SMILES string of the molecule is c1ccc(-c2nc(-c3ccccc3)nc(-c3ccc(C4=Nc5cccnc5C(c5ccc(-c6nc(-c7ccccc7)nc(-c7ccccc7)n6)cc5)=Nc5cccnc54)cc3)n2)cc1. The van der Waals surface area contributed by atoms with Crippen molar-refractivity contribution in [1.82, 2.24) is 39.9 Å². The molecule has 0 aliphatic carbocycles. The van der Waals surface area contributed by atoms with Crippen molar-refractivity contribution < 1.29 is 0 Å². The molecule has 0 spiro atoms. The summed E-state index contributed by atoms with van der Waals surface area (Å²) < 4.78 is 0. The molecule has 0 saturated carbocycles. The molecule has 10 heteroatoms. The zero-order chi connectivity index (χ0) is 42.7. The Morgan fingerprint density at radius 2 is 0.469 bits per heavy atom. The first-order chi connectivity index (χ1) is 31.7. The van der Waals surface area contributed by atoms with E-state index in [-0.39, 0.29) is 0 Å². The maximum atomic E-state index is 5.28. The molecular weight excluding hydrogens is 789 g/mol. The molecule has 5 heterocycles. The van der Waals surface area contributed by atoms with E-state index in [2.05, 4.69) is 0 Å². The van der Waals surface area contributed by atoms with E-state index in [1.165, 1.54) is 0 Å². The number of rotatable bonds is 8. The Balaban J connectivity index is 0.959. The number of benzene rings is 6. The molecule has 10 nitrogen and oxygen atoms in total. The fourth-order valence-corrected chi connectivity index (χ4v) is 7.52. The predicted molar refractivity (Wildman–Crippen MR) is 251 cm³/mol. The van der Waals surface area contributed by atoms with E-state index >= 15 is 0 Å². The molecule has 1 aliphatic rings. The highest BCUT2D eigenvalue weighted by atomic mass is 15.0. The monoisotopic (exact) mass is 822 g/mol. The van der Waals surface area contributed by atoms with Gasteiger partial charge >= 0.3 is 0 Å². The third-order valence-electron chi connectivity index (χ3n) is 10.7. The van der Waals surface area contributed by atoms with Gasteiger partial charge in [0, 0.05) is 56.9 Å². The van der Waals surface area contributed by atoms with E-state index in [0.29, 0.717) is 69.1 Å². The second kappa shape index (κ2) is 16.8. The van der Waals surface area contributed by atoms with Crippen molar-refractivity contribution >= 4 is 22.8 Å². The largest absolute Gasteiger partial charge is 0.252 e. The summed E-state index contributed by atoms with van der Waals surface area (Å²) in [5.41, 5.74) is 11.0. The second-order valence-electron chi connectivity index (χ2n) is 14.9. The zero-order valence-electron chi connectivity index (χ0n) is 34.1. The van der Waals surface area contributed by atoms with Crippen molar-refractivity contribution in [3.8, 4) is 68.3 Å². The van der Waals surface area contributed by atoms with Gasteiger partial charge < -0.3 is 0 Å². The van der Waals surface area contributed by atoms with Gasteiger partial charge in [0.25, 0.3) is 0 Å². The molecule has 0 unspecified atom stereocenters. The normalized spacial score (nSPS) is 11.9. The molecule has 6 aromatic carbocycles. The van der Waals surface area contributed by atoms with Crippen LogP contribution in [0.25, 0.3) is 68.3 Å². The van der Waals surface area contributed by atoms with Crippen LogP contribution in [0.1, 0.15) is 22.5 Å². The summed E-state index contributed by atoms with van der Waals surface area (Å²) in [6.45, 7) is 0. The summed E-state index contributed by atoms with van der Waals surface area (Å²) in [6.07, 6.45) is 3.53. The van der Waals surface area contributed by atoms with Crippen molar-refractivity contribution in [2.45, 2.75) is 0 Å². The summed E-state index contributed by atoms with van der Waals surface area (Å²) in [4.78, 5) is 49.7. The number of aliphatic imine (C=N–C) groups is 2. The van der Waals surface area contributed by atoms with Gasteiger partial charge in [-0.15, -0.1) is 0 Å². The Morgan fingerprint density at radius 3 is 0.750 bits per heavy atom. The van der Waals surface area contributed by atoms with Crippen LogP contribution in [0.3, 0.4) is 0 Å². The minimum Gasteiger partial charge on any atom is -0.252 e. The summed E-state index contributed by atoms with van der Waals surface area (Å²) in [5.74, 6) is 3.53. The maximum absolute atomic E-state index is 5.28. The van der Waals surface area contributed by atoms with Gasteiger partial charge in [-0.3, -0.25) is 9.97 Å². The lowest BCUT2D eigenvalue weighted by molar-refractivity contribution is 1.07. The van der Waals surface area contributed by atoms with Crippen LogP contribution in [0.4, 0.5) is 11.4 Å². The molecule has 64 heavy (non-hydrogen) atoms. The van der Waals surface area contributed by atoms with Crippen LogP contribution in [-0.4, -0.2) is 51.3 Å². The van der Waals surface area contributed by atoms with Crippen LogP contribution in [0.15, 0.2) is 217 Å². The van der Waals surface area contributed by atoms with Crippen LogP contribution in [0, 0.1) is 0 Å². The molecule has 0 bridgehead atoms. The average Bonchev–Trinajstić information content (AvgIpc) is 3.38. The molecule has 0 atom stereocenters. The van der Waals surface area contributed by atoms with E-state index in [0.717, 1.165) is 44.5 Å². The average molecular weight is 823 g/mol. The molecule has 1 aliphatic heterocycles. The number of pyridine rings is 2. The first-order valence-corrected chi connectivity index (χ1v) is 20.7. The lowest BCUT2D eigenvalue weighted by atomic mass is 9.99. The number of nitrogens with zero attached hydrogens (tertiary/aromatic N) is 10. The molecule has 0 N–H and O–H groups in total. The quantitative estimate of drug-likeness (QED) is 0.148. The van der Waals surface area contributed by atoms with Gasteiger partial charge in [-0.1, -0.05) is 170 Å². The minimum absolute atomic E-state index is 0.566. The fourth-order valence-electron chi connectivity index (χ4n) is 7.52. The van der Waals surface area contributed by atoms with Crippen LogP contribution in [0.2, 0.25) is 0 Å². The number of aromatic nitrogens is 8. The molecular formula is C54H34N10. The second-order valence-corrected chi connectivity index (χ2v) is 14.9. The van der Waals surface area contributed by atoms with Gasteiger partial charge in [0.05, 0.1) is 22.8 Å². The Hall–Kier alpha value is -9.02. The van der Waals surface area contributed by atoms with Crippen molar-refractivity contribution in [3.05, 3.63) is 229 Å². The van der Waals surface area contributed by atoms with E-state index in [4.69, 9.17) is 49.9 Å². The molecule has 11 rings (SSSR count). The molecule has 0 amide bonds. The van der Waals surface area contributed by atoms with Gasteiger partial charge in [0.15, 0.2) is 34.9 Å². The number of hydrogen-bond donors (Lipinski definition) is 0. The van der Waals surface area contributed by atoms with Crippen LogP contribution >= 0.6 is 0 Å². The van der Waals surface area contributed by atoms with Crippen molar-refractivity contribution in [3.63, 3.8) is 0 Å².